The van der Waals surface area contributed by atoms with Crippen LogP contribution < -0.4 is 19.7 Å². The molecule has 1 aliphatic carbocycles. The molecule has 3 amide bonds. The van der Waals surface area contributed by atoms with Gasteiger partial charge in [0, 0.05) is 31.4 Å². The van der Waals surface area contributed by atoms with Gasteiger partial charge >= 0.3 is 12.2 Å². The number of benzene rings is 1. The highest BCUT2D eigenvalue weighted by atomic mass is 19.4. The number of hydrogen-bond donors (Lipinski definition) is 1. The number of urea groups is 1. The Balaban J connectivity index is 1.09. The maximum atomic E-state index is 13.1. The molecule has 1 N–H and O–H groups in total. The first-order valence-corrected chi connectivity index (χ1v) is 12.7. The predicted octanol–water partition coefficient (Wildman–Crippen LogP) is 3.55. The first kappa shape index (κ1) is 25.3. The fraction of sp³-hybridized carbons (Fsp3) is 0.423. The van der Waals surface area contributed by atoms with Gasteiger partial charge < -0.3 is 14.8 Å². The van der Waals surface area contributed by atoms with E-state index in [-0.39, 0.29) is 30.5 Å². The van der Waals surface area contributed by atoms with Crippen molar-refractivity contribution in [1.82, 2.24) is 25.2 Å². The Morgan fingerprint density at radius 1 is 0.949 bits per heavy atom. The minimum Gasteiger partial charge on any atom is -0.488 e. The number of aromatic nitrogens is 3. The molecule has 0 radical (unpaired) electrons. The minimum absolute atomic E-state index is 0.0590. The van der Waals surface area contributed by atoms with Crippen LogP contribution in [0.25, 0.3) is 10.9 Å². The van der Waals surface area contributed by atoms with Gasteiger partial charge in [-0.1, -0.05) is 0 Å². The van der Waals surface area contributed by atoms with Gasteiger partial charge in [0.1, 0.15) is 30.8 Å². The second-order valence-electron chi connectivity index (χ2n) is 9.87. The smallest absolute Gasteiger partial charge is 0.417 e. The molecular weight excluding hydrogens is 517 g/mol. The summed E-state index contributed by atoms with van der Waals surface area (Å²) >= 11 is 0. The van der Waals surface area contributed by atoms with Crippen LogP contribution >= 0.6 is 0 Å². The molecule has 3 aromatic rings. The number of halogens is 3. The quantitative estimate of drug-likeness (QED) is 0.471. The lowest BCUT2D eigenvalue weighted by Gasteiger charge is -2.33. The summed E-state index contributed by atoms with van der Waals surface area (Å²) in [5.41, 5.74) is -0.333. The molecule has 4 heterocycles. The Bertz CT molecular complexity index is 1410. The number of hydrogen-bond acceptors (Lipinski definition) is 8. The van der Waals surface area contributed by atoms with Gasteiger partial charge in [-0.15, -0.1) is 0 Å². The van der Waals surface area contributed by atoms with Crippen LogP contribution in [0.3, 0.4) is 0 Å². The predicted molar refractivity (Wildman–Crippen MR) is 132 cm³/mol. The summed E-state index contributed by atoms with van der Waals surface area (Å²) in [4.78, 5) is 40.3. The summed E-state index contributed by atoms with van der Waals surface area (Å²) in [5.74, 6) is 0.741. The molecule has 3 fully saturated rings. The summed E-state index contributed by atoms with van der Waals surface area (Å²) in [6.45, 7) is 1.30. The number of imide groups is 1. The van der Waals surface area contributed by atoms with Gasteiger partial charge in [0.05, 0.1) is 28.4 Å². The van der Waals surface area contributed by atoms with Crippen LogP contribution in [0.5, 0.6) is 11.6 Å². The highest BCUT2D eigenvalue weighted by Gasteiger charge is 2.43. The summed E-state index contributed by atoms with van der Waals surface area (Å²) in [6, 6.07) is 5.42. The monoisotopic (exact) mass is 542 g/mol. The zero-order chi connectivity index (χ0) is 27.1. The molecule has 10 nitrogen and oxygen atoms in total. The van der Waals surface area contributed by atoms with Crippen molar-refractivity contribution in [2.24, 2.45) is 0 Å². The molecule has 0 atom stereocenters. The van der Waals surface area contributed by atoms with Crippen LogP contribution in [-0.4, -0.2) is 69.7 Å². The molecule has 204 valence electrons. The Hall–Kier alpha value is -4.00. The van der Waals surface area contributed by atoms with Crippen molar-refractivity contribution in [3.63, 3.8) is 0 Å². The van der Waals surface area contributed by atoms with Gasteiger partial charge in [-0.2, -0.15) is 13.2 Å². The standard InChI is InChI=1S/C26H25F3N6O4/c27-26(28,29)15-7-17(10-30-9-15)34-13-23(36)35(25(34)37)16-1-3-18(4-2-16)39-24-21-6-5-19(38-20-11-31-12-20)8-22(21)32-14-33-24/h5-10,14,16,18,20,31H,1-4,11-13H2/t16-,18-. The first-order chi connectivity index (χ1) is 18.8. The van der Waals surface area contributed by atoms with Crippen molar-refractivity contribution >= 4 is 28.5 Å². The van der Waals surface area contributed by atoms with Gasteiger partial charge in [-0.3, -0.25) is 19.6 Å². The number of carbonyl (C=O) groups is 2. The molecule has 0 bridgehead atoms. The van der Waals surface area contributed by atoms with E-state index in [1.165, 1.54) is 6.33 Å². The molecule has 2 aromatic heterocycles. The van der Waals surface area contributed by atoms with Crippen LogP contribution in [0.1, 0.15) is 31.2 Å². The number of nitrogens with zero attached hydrogens (tertiary/aromatic N) is 5. The number of rotatable bonds is 6. The first-order valence-electron chi connectivity index (χ1n) is 12.7. The van der Waals surface area contributed by atoms with Crippen LogP contribution in [-0.2, 0) is 11.0 Å². The fourth-order valence-corrected chi connectivity index (χ4v) is 5.10. The summed E-state index contributed by atoms with van der Waals surface area (Å²) in [6.07, 6.45) is 0.823. The van der Waals surface area contributed by atoms with Gasteiger partial charge in [0.2, 0.25) is 5.88 Å². The van der Waals surface area contributed by atoms with E-state index in [4.69, 9.17) is 9.47 Å². The largest absolute Gasteiger partial charge is 0.488 e. The molecule has 2 aliphatic heterocycles. The highest BCUT2D eigenvalue weighted by molar-refractivity contribution is 6.12. The van der Waals surface area contributed by atoms with E-state index >= 15 is 0 Å². The van der Waals surface area contributed by atoms with E-state index in [0.717, 1.165) is 46.3 Å². The van der Waals surface area contributed by atoms with Crippen molar-refractivity contribution in [2.75, 3.05) is 24.5 Å². The average Bonchev–Trinajstić information content (AvgIpc) is 3.20. The normalized spacial score (nSPS) is 22.3. The maximum Gasteiger partial charge on any atom is 0.417 e. The van der Waals surface area contributed by atoms with Crippen LogP contribution in [0.4, 0.5) is 23.7 Å². The zero-order valence-electron chi connectivity index (χ0n) is 20.7. The number of nitrogens with one attached hydrogen (secondary N) is 1. The van der Waals surface area contributed by atoms with Gasteiger partial charge in [-0.25, -0.2) is 14.8 Å². The summed E-state index contributed by atoms with van der Waals surface area (Å²) in [7, 11) is 0. The average molecular weight is 543 g/mol. The van der Waals surface area contributed by atoms with Crippen LogP contribution in [0, 0.1) is 0 Å². The molecule has 0 unspecified atom stereocenters. The highest BCUT2D eigenvalue weighted by Crippen LogP contribution is 2.35. The zero-order valence-corrected chi connectivity index (χ0v) is 20.7. The second kappa shape index (κ2) is 9.95. The number of fused-ring (bicyclic) bond motifs is 1. The maximum absolute atomic E-state index is 13.1. The van der Waals surface area contributed by atoms with Gasteiger partial charge in [0.15, 0.2) is 0 Å². The number of anilines is 1. The third-order valence-corrected chi connectivity index (χ3v) is 7.27. The van der Waals surface area contributed by atoms with Crippen molar-refractivity contribution in [3.05, 3.63) is 48.5 Å². The SMILES string of the molecule is O=C1CN(c2cncc(C(F)(F)F)c2)C(=O)N1[C@H]1CC[C@H](Oc2ncnc3cc(OC4CNC4)ccc23)CC1. The molecule has 1 aromatic carbocycles. The number of amides is 3. The molecule has 13 heteroatoms. The molecule has 6 rings (SSSR count). The topological polar surface area (TPSA) is 110 Å². The lowest BCUT2D eigenvalue weighted by Crippen LogP contribution is -2.50. The van der Waals surface area contributed by atoms with E-state index in [0.29, 0.717) is 43.3 Å². The third kappa shape index (κ3) is 5.05. The molecule has 39 heavy (non-hydrogen) atoms. The molecule has 3 aliphatic rings. The van der Waals surface area contributed by atoms with E-state index in [1.807, 2.05) is 18.2 Å². The molecular formula is C26H25F3N6O4. The molecule has 2 saturated heterocycles. The lowest BCUT2D eigenvalue weighted by molar-refractivity contribution is -0.137. The van der Waals surface area contributed by atoms with Gasteiger partial charge in [-0.05, 0) is 43.9 Å². The van der Waals surface area contributed by atoms with Crippen molar-refractivity contribution in [3.8, 4) is 11.6 Å². The summed E-state index contributed by atoms with van der Waals surface area (Å²) in [5, 5.41) is 3.92. The molecule has 1 saturated carbocycles. The van der Waals surface area contributed by atoms with E-state index < -0.39 is 23.7 Å². The number of carbonyl (C=O) groups excluding carboxylic acids is 2. The Kier molecular flexibility index (Phi) is 6.45. The number of ether oxygens (including phenoxy) is 2. The summed E-state index contributed by atoms with van der Waals surface area (Å²) < 4.78 is 51.4. The van der Waals surface area contributed by atoms with Crippen molar-refractivity contribution in [1.29, 1.82) is 0 Å². The lowest BCUT2D eigenvalue weighted by atomic mass is 9.92. The van der Waals surface area contributed by atoms with E-state index in [1.54, 1.807) is 0 Å². The molecule has 0 spiro atoms. The Morgan fingerprint density at radius 3 is 2.46 bits per heavy atom. The Labute approximate surface area is 221 Å². The van der Waals surface area contributed by atoms with Crippen molar-refractivity contribution in [2.45, 2.75) is 50.1 Å². The fourth-order valence-electron chi connectivity index (χ4n) is 5.10. The number of alkyl halides is 3. The second-order valence-corrected chi connectivity index (χ2v) is 9.87. The van der Waals surface area contributed by atoms with Crippen LogP contribution in [0.2, 0.25) is 0 Å². The number of pyridine rings is 1. The third-order valence-electron chi connectivity index (χ3n) is 7.27. The van der Waals surface area contributed by atoms with E-state index in [2.05, 4.69) is 20.3 Å². The van der Waals surface area contributed by atoms with Crippen molar-refractivity contribution < 1.29 is 32.2 Å². The van der Waals surface area contributed by atoms with Gasteiger partial charge in [0.25, 0.3) is 5.91 Å². The van der Waals surface area contributed by atoms with Crippen LogP contribution in [0.15, 0.2) is 43.0 Å². The Morgan fingerprint density at radius 2 is 1.74 bits per heavy atom. The minimum atomic E-state index is -4.60. The van der Waals surface area contributed by atoms with E-state index in [9.17, 15) is 22.8 Å².